The van der Waals surface area contributed by atoms with E-state index in [4.69, 9.17) is 0 Å². The SMILES string of the molecule is Brc1ccc(CNCc2ccc(Br)cc2)cc1.CC.CC. The van der Waals surface area contributed by atoms with Crippen molar-refractivity contribution in [3.05, 3.63) is 68.6 Å². The van der Waals surface area contributed by atoms with Gasteiger partial charge in [-0.05, 0) is 35.4 Å². The lowest BCUT2D eigenvalue weighted by molar-refractivity contribution is 0.693. The summed E-state index contributed by atoms with van der Waals surface area (Å²) in [6.45, 7) is 9.78. The van der Waals surface area contributed by atoms with Gasteiger partial charge in [-0.3, -0.25) is 0 Å². The van der Waals surface area contributed by atoms with Crippen molar-refractivity contribution >= 4 is 31.9 Å². The molecule has 3 heteroatoms. The van der Waals surface area contributed by atoms with E-state index in [1.807, 2.05) is 27.7 Å². The minimum absolute atomic E-state index is 0.892. The van der Waals surface area contributed by atoms with Crippen molar-refractivity contribution in [1.82, 2.24) is 5.32 Å². The van der Waals surface area contributed by atoms with Gasteiger partial charge in [0.2, 0.25) is 0 Å². The van der Waals surface area contributed by atoms with Gasteiger partial charge in [-0.15, -0.1) is 0 Å². The predicted molar refractivity (Wildman–Crippen MR) is 102 cm³/mol. The van der Waals surface area contributed by atoms with E-state index in [1.54, 1.807) is 0 Å². The molecule has 0 amide bonds. The maximum Gasteiger partial charge on any atom is 0.0208 e. The molecular weight excluding hydrogens is 390 g/mol. The Bertz CT molecular complexity index is 418. The molecule has 0 aromatic heterocycles. The van der Waals surface area contributed by atoms with Gasteiger partial charge in [0, 0.05) is 22.0 Å². The third-order valence-corrected chi connectivity index (χ3v) is 3.54. The Labute approximate surface area is 146 Å². The minimum Gasteiger partial charge on any atom is -0.309 e. The van der Waals surface area contributed by atoms with Crippen molar-refractivity contribution in [2.75, 3.05) is 0 Å². The predicted octanol–water partition coefficient (Wildman–Crippen LogP) is 6.55. The molecule has 1 N–H and O–H groups in total. The Kier molecular flexibility index (Phi) is 12.7. The number of hydrogen-bond donors (Lipinski definition) is 1. The van der Waals surface area contributed by atoms with Crippen LogP contribution in [-0.2, 0) is 13.1 Å². The highest BCUT2D eigenvalue weighted by atomic mass is 79.9. The first-order chi connectivity index (χ1) is 10.2. The van der Waals surface area contributed by atoms with Crippen LogP contribution in [0, 0.1) is 0 Å². The smallest absolute Gasteiger partial charge is 0.0208 e. The average molecular weight is 415 g/mol. The summed E-state index contributed by atoms with van der Waals surface area (Å²) in [7, 11) is 0. The molecule has 0 atom stereocenters. The van der Waals surface area contributed by atoms with E-state index >= 15 is 0 Å². The number of nitrogens with one attached hydrogen (secondary N) is 1. The summed E-state index contributed by atoms with van der Waals surface area (Å²) in [5.41, 5.74) is 2.59. The molecular formula is C18H25Br2N. The van der Waals surface area contributed by atoms with Crippen LogP contribution in [0.3, 0.4) is 0 Å². The van der Waals surface area contributed by atoms with Gasteiger partial charge >= 0.3 is 0 Å². The summed E-state index contributed by atoms with van der Waals surface area (Å²) < 4.78 is 2.24. The van der Waals surface area contributed by atoms with E-state index in [-0.39, 0.29) is 0 Å². The molecule has 0 aliphatic heterocycles. The highest BCUT2D eigenvalue weighted by Crippen LogP contribution is 2.12. The monoisotopic (exact) mass is 413 g/mol. The lowest BCUT2D eigenvalue weighted by Gasteiger charge is -2.05. The van der Waals surface area contributed by atoms with Crippen molar-refractivity contribution in [2.24, 2.45) is 0 Å². The fourth-order valence-electron chi connectivity index (χ4n) is 1.56. The Morgan fingerprint density at radius 3 is 1.19 bits per heavy atom. The molecule has 116 valence electrons. The van der Waals surface area contributed by atoms with Crippen LogP contribution in [0.4, 0.5) is 0 Å². The minimum atomic E-state index is 0.892. The number of halogens is 2. The maximum absolute atomic E-state index is 3.43. The Balaban J connectivity index is 0.000000921. The molecule has 2 rings (SSSR count). The van der Waals surface area contributed by atoms with Crippen molar-refractivity contribution in [2.45, 2.75) is 40.8 Å². The summed E-state index contributed by atoms with van der Waals surface area (Å²) >= 11 is 6.86. The maximum atomic E-state index is 3.43. The Morgan fingerprint density at radius 1 is 0.619 bits per heavy atom. The van der Waals surface area contributed by atoms with E-state index in [1.165, 1.54) is 11.1 Å². The molecule has 0 fully saturated rings. The molecule has 0 saturated carbocycles. The van der Waals surface area contributed by atoms with Gasteiger partial charge in [0.1, 0.15) is 0 Å². The van der Waals surface area contributed by atoms with Gasteiger partial charge in [0.15, 0.2) is 0 Å². The molecule has 0 heterocycles. The zero-order valence-electron chi connectivity index (χ0n) is 13.3. The lowest BCUT2D eigenvalue weighted by Crippen LogP contribution is -2.12. The summed E-state index contributed by atoms with van der Waals surface area (Å²) in [6.07, 6.45) is 0. The van der Waals surface area contributed by atoms with Crippen LogP contribution in [0.25, 0.3) is 0 Å². The van der Waals surface area contributed by atoms with Crippen molar-refractivity contribution < 1.29 is 0 Å². The van der Waals surface area contributed by atoms with Gasteiger partial charge in [0.05, 0.1) is 0 Å². The second-order valence-electron chi connectivity index (χ2n) is 3.86. The van der Waals surface area contributed by atoms with Crippen LogP contribution in [0.15, 0.2) is 57.5 Å². The number of benzene rings is 2. The van der Waals surface area contributed by atoms with E-state index in [2.05, 4.69) is 85.7 Å². The molecule has 0 radical (unpaired) electrons. The van der Waals surface area contributed by atoms with Gasteiger partial charge in [-0.2, -0.15) is 0 Å². The average Bonchev–Trinajstić information content (AvgIpc) is 2.55. The quantitative estimate of drug-likeness (QED) is 0.597. The molecule has 2 aromatic carbocycles. The van der Waals surface area contributed by atoms with Crippen LogP contribution in [0.5, 0.6) is 0 Å². The third kappa shape index (κ3) is 9.07. The number of rotatable bonds is 4. The van der Waals surface area contributed by atoms with E-state index in [9.17, 15) is 0 Å². The molecule has 1 nitrogen and oxygen atoms in total. The number of hydrogen-bond acceptors (Lipinski definition) is 1. The fourth-order valence-corrected chi connectivity index (χ4v) is 2.08. The fraction of sp³-hybridized carbons (Fsp3) is 0.333. The molecule has 0 aliphatic rings. The van der Waals surface area contributed by atoms with E-state index in [0.29, 0.717) is 0 Å². The van der Waals surface area contributed by atoms with Crippen LogP contribution in [-0.4, -0.2) is 0 Å². The zero-order valence-corrected chi connectivity index (χ0v) is 16.5. The van der Waals surface area contributed by atoms with Gasteiger partial charge in [-0.1, -0.05) is 83.8 Å². The normalized spacial score (nSPS) is 9.05. The molecule has 0 bridgehead atoms. The zero-order chi connectivity index (χ0) is 16.1. The second kappa shape index (κ2) is 13.1. The largest absolute Gasteiger partial charge is 0.309 e. The van der Waals surface area contributed by atoms with E-state index < -0.39 is 0 Å². The van der Waals surface area contributed by atoms with E-state index in [0.717, 1.165) is 22.0 Å². The van der Waals surface area contributed by atoms with Crippen molar-refractivity contribution in [1.29, 1.82) is 0 Å². The third-order valence-electron chi connectivity index (χ3n) is 2.48. The molecule has 0 spiro atoms. The second-order valence-corrected chi connectivity index (χ2v) is 5.69. The highest BCUT2D eigenvalue weighted by molar-refractivity contribution is 9.10. The van der Waals surface area contributed by atoms with Crippen LogP contribution < -0.4 is 5.32 Å². The Morgan fingerprint density at radius 2 is 0.905 bits per heavy atom. The van der Waals surface area contributed by atoms with Crippen LogP contribution in [0.2, 0.25) is 0 Å². The van der Waals surface area contributed by atoms with Crippen molar-refractivity contribution in [3.63, 3.8) is 0 Å². The van der Waals surface area contributed by atoms with Crippen LogP contribution >= 0.6 is 31.9 Å². The topological polar surface area (TPSA) is 12.0 Å². The Hall–Kier alpha value is -0.640. The van der Waals surface area contributed by atoms with Crippen molar-refractivity contribution in [3.8, 4) is 0 Å². The summed E-state index contributed by atoms with van der Waals surface area (Å²) in [4.78, 5) is 0. The van der Waals surface area contributed by atoms with Gasteiger partial charge in [-0.25, -0.2) is 0 Å². The summed E-state index contributed by atoms with van der Waals surface area (Å²) in [6, 6.07) is 16.8. The molecule has 0 unspecified atom stereocenters. The first kappa shape index (κ1) is 20.4. The molecule has 0 aliphatic carbocycles. The summed E-state index contributed by atoms with van der Waals surface area (Å²) in [5, 5.41) is 3.43. The highest BCUT2D eigenvalue weighted by Gasteiger charge is 1.95. The molecule has 2 aromatic rings. The first-order valence-electron chi connectivity index (χ1n) is 7.43. The lowest BCUT2D eigenvalue weighted by atomic mass is 10.2. The van der Waals surface area contributed by atoms with Crippen LogP contribution in [0.1, 0.15) is 38.8 Å². The molecule has 21 heavy (non-hydrogen) atoms. The summed E-state index contributed by atoms with van der Waals surface area (Å²) in [5.74, 6) is 0. The van der Waals surface area contributed by atoms with Gasteiger partial charge < -0.3 is 5.32 Å². The first-order valence-corrected chi connectivity index (χ1v) is 9.02. The van der Waals surface area contributed by atoms with Gasteiger partial charge in [0.25, 0.3) is 0 Å². The molecule has 0 saturated heterocycles. The standard InChI is InChI=1S/C14H13Br2N.2C2H6/c15-13-5-1-11(2-6-13)9-17-10-12-3-7-14(16)8-4-12;2*1-2/h1-8,17H,9-10H2;2*1-2H3.